The first kappa shape index (κ1) is 14.7. The number of thiophene rings is 1. The predicted molar refractivity (Wildman–Crippen MR) is 78.3 cm³/mol. The highest BCUT2D eigenvalue weighted by Crippen LogP contribution is 2.09. The molecular weight excluding hydrogens is 274 g/mol. The van der Waals surface area contributed by atoms with Gasteiger partial charge in [-0.25, -0.2) is 4.68 Å². The molecule has 1 unspecified atom stereocenters. The molecule has 0 saturated heterocycles. The normalized spacial score (nSPS) is 12.3. The van der Waals surface area contributed by atoms with Gasteiger partial charge in [-0.05, 0) is 24.3 Å². The number of carbonyl (C=O) groups is 1. The molecule has 2 rings (SSSR count). The quantitative estimate of drug-likeness (QED) is 0.800. The van der Waals surface area contributed by atoms with Crippen LogP contribution in [-0.4, -0.2) is 27.4 Å². The monoisotopic (exact) mass is 293 g/mol. The van der Waals surface area contributed by atoms with Crippen LogP contribution >= 0.6 is 11.3 Å². The molecule has 0 radical (unpaired) electrons. The van der Waals surface area contributed by atoms with Crippen molar-refractivity contribution in [3.63, 3.8) is 0 Å². The van der Waals surface area contributed by atoms with Gasteiger partial charge in [0.2, 0.25) is 5.91 Å². The highest BCUT2D eigenvalue weighted by Gasteiger charge is 2.10. The van der Waals surface area contributed by atoms with E-state index >= 15 is 0 Å². The van der Waals surface area contributed by atoms with E-state index in [0.29, 0.717) is 6.54 Å². The Labute approximate surface area is 122 Å². The van der Waals surface area contributed by atoms with Crippen LogP contribution in [-0.2, 0) is 17.8 Å². The molecule has 0 aromatic carbocycles. The zero-order valence-electron chi connectivity index (χ0n) is 11.5. The summed E-state index contributed by atoms with van der Waals surface area (Å²) in [5.41, 5.74) is 6.58. The lowest BCUT2D eigenvalue weighted by atomic mass is 10.2. The molecule has 108 valence electrons. The average molecular weight is 293 g/mol. The van der Waals surface area contributed by atoms with E-state index in [1.165, 1.54) is 9.56 Å². The minimum Gasteiger partial charge on any atom is -0.354 e. The van der Waals surface area contributed by atoms with Crippen molar-refractivity contribution in [1.29, 1.82) is 0 Å². The zero-order valence-corrected chi connectivity index (χ0v) is 12.3. The van der Waals surface area contributed by atoms with Crippen molar-refractivity contribution in [2.75, 3.05) is 6.54 Å². The van der Waals surface area contributed by atoms with Gasteiger partial charge in [0, 0.05) is 11.4 Å². The maximum absolute atomic E-state index is 11.8. The van der Waals surface area contributed by atoms with Crippen LogP contribution in [0.15, 0.2) is 23.7 Å². The van der Waals surface area contributed by atoms with Crippen LogP contribution in [0.1, 0.15) is 30.0 Å². The summed E-state index contributed by atoms with van der Waals surface area (Å²) in [7, 11) is 0. The molecule has 0 fully saturated rings. The molecule has 0 aliphatic carbocycles. The lowest BCUT2D eigenvalue weighted by molar-refractivity contribution is -0.121. The first-order valence-electron chi connectivity index (χ1n) is 6.63. The van der Waals surface area contributed by atoms with Gasteiger partial charge in [-0.1, -0.05) is 18.2 Å². The van der Waals surface area contributed by atoms with Gasteiger partial charge in [0.15, 0.2) is 0 Å². The molecule has 0 aliphatic heterocycles. The van der Waals surface area contributed by atoms with Gasteiger partial charge in [0.05, 0.1) is 17.9 Å². The lowest BCUT2D eigenvalue weighted by Gasteiger charge is -2.04. The van der Waals surface area contributed by atoms with Crippen molar-refractivity contribution in [3.05, 3.63) is 34.3 Å². The van der Waals surface area contributed by atoms with Crippen LogP contribution in [0.4, 0.5) is 0 Å². The SMILES string of the molecule is CCC(N)c1cn(CC(=O)NCCc2cccs2)nn1. The third-order valence-corrected chi connectivity index (χ3v) is 3.89. The van der Waals surface area contributed by atoms with Gasteiger partial charge in [-0.3, -0.25) is 4.79 Å². The van der Waals surface area contributed by atoms with Crippen molar-refractivity contribution in [3.8, 4) is 0 Å². The predicted octanol–water partition coefficient (Wildman–Crippen LogP) is 1.11. The summed E-state index contributed by atoms with van der Waals surface area (Å²) < 4.78 is 1.52. The molecule has 7 heteroatoms. The molecule has 2 aromatic rings. The van der Waals surface area contributed by atoms with Crippen molar-refractivity contribution >= 4 is 17.2 Å². The van der Waals surface area contributed by atoms with E-state index in [1.54, 1.807) is 17.5 Å². The number of aromatic nitrogens is 3. The van der Waals surface area contributed by atoms with Crippen molar-refractivity contribution in [2.24, 2.45) is 5.73 Å². The zero-order chi connectivity index (χ0) is 14.4. The molecule has 0 aliphatic rings. The van der Waals surface area contributed by atoms with Gasteiger partial charge in [-0.2, -0.15) is 0 Å². The van der Waals surface area contributed by atoms with E-state index < -0.39 is 0 Å². The van der Waals surface area contributed by atoms with E-state index in [2.05, 4.69) is 21.7 Å². The van der Waals surface area contributed by atoms with Gasteiger partial charge in [0.1, 0.15) is 6.54 Å². The molecule has 2 heterocycles. The Balaban J connectivity index is 1.75. The second kappa shape index (κ2) is 7.16. The minimum absolute atomic E-state index is 0.0666. The standard InChI is InChI=1S/C13H19N5OS/c1-2-11(14)12-8-18(17-16-12)9-13(19)15-6-5-10-4-3-7-20-10/h3-4,7-8,11H,2,5-6,9,14H2,1H3,(H,15,19). The molecule has 2 aromatic heterocycles. The Morgan fingerprint density at radius 3 is 3.15 bits per heavy atom. The van der Waals surface area contributed by atoms with Gasteiger partial charge < -0.3 is 11.1 Å². The second-order valence-corrected chi connectivity index (χ2v) is 5.57. The Bertz CT molecular complexity index is 537. The molecule has 6 nitrogen and oxygen atoms in total. The summed E-state index contributed by atoms with van der Waals surface area (Å²) in [4.78, 5) is 13.0. The van der Waals surface area contributed by atoms with E-state index in [9.17, 15) is 4.79 Å². The Kier molecular flexibility index (Phi) is 5.25. The molecule has 3 N–H and O–H groups in total. The fourth-order valence-electron chi connectivity index (χ4n) is 1.75. The molecule has 1 atom stereocenters. The minimum atomic E-state index is -0.120. The number of hydrogen-bond donors (Lipinski definition) is 2. The van der Waals surface area contributed by atoms with E-state index in [0.717, 1.165) is 18.5 Å². The average Bonchev–Trinajstić information content (AvgIpc) is 3.09. The van der Waals surface area contributed by atoms with Crippen LogP contribution in [0.5, 0.6) is 0 Å². The molecular formula is C13H19N5OS. The molecule has 20 heavy (non-hydrogen) atoms. The third-order valence-electron chi connectivity index (χ3n) is 2.96. The van der Waals surface area contributed by atoms with E-state index in [1.807, 2.05) is 18.4 Å². The van der Waals surface area contributed by atoms with E-state index in [-0.39, 0.29) is 18.5 Å². The lowest BCUT2D eigenvalue weighted by Crippen LogP contribution is -2.29. The summed E-state index contributed by atoms with van der Waals surface area (Å²) >= 11 is 1.69. The number of amides is 1. The smallest absolute Gasteiger partial charge is 0.241 e. The topological polar surface area (TPSA) is 85.8 Å². The fraction of sp³-hybridized carbons (Fsp3) is 0.462. The highest BCUT2D eigenvalue weighted by molar-refractivity contribution is 7.09. The number of nitrogens with two attached hydrogens (primary N) is 1. The van der Waals surface area contributed by atoms with E-state index in [4.69, 9.17) is 5.73 Å². The van der Waals surface area contributed by atoms with Crippen LogP contribution in [0.3, 0.4) is 0 Å². The molecule has 0 bridgehead atoms. The van der Waals surface area contributed by atoms with Crippen LogP contribution in [0.25, 0.3) is 0 Å². The summed E-state index contributed by atoms with van der Waals surface area (Å²) in [6, 6.07) is 3.95. The number of hydrogen-bond acceptors (Lipinski definition) is 5. The highest BCUT2D eigenvalue weighted by atomic mass is 32.1. The second-order valence-electron chi connectivity index (χ2n) is 4.54. The number of nitrogens with one attached hydrogen (secondary N) is 1. The maximum atomic E-state index is 11.8. The molecule has 0 saturated carbocycles. The third kappa shape index (κ3) is 4.14. The summed E-state index contributed by atoms with van der Waals surface area (Å²) in [6.07, 6.45) is 3.38. The van der Waals surface area contributed by atoms with Crippen molar-refractivity contribution in [1.82, 2.24) is 20.3 Å². The Morgan fingerprint density at radius 1 is 1.60 bits per heavy atom. The molecule has 0 spiro atoms. The number of nitrogens with zero attached hydrogens (tertiary/aromatic N) is 3. The largest absolute Gasteiger partial charge is 0.354 e. The molecule has 1 amide bonds. The number of carbonyl (C=O) groups excluding carboxylic acids is 1. The summed E-state index contributed by atoms with van der Waals surface area (Å²) in [5, 5.41) is 12.8. The van der Waals surface area contributed by atoms with Gasteiger partial charge in [-0.15, -0.1) is 16.4 Å². The van der Waals surface area contributed by atoms with Crippen molar-refractivity contribution in [2.45, 2.75) is 32.4 Å². The van der Waals surface area contributed by atoms with Gasteiger partial charge >= 0.3 is 0 Å². The first-order valence-corrected chi connectivity index (χ1v) is 7.51. The summed E-state index contributed by atoms with van der Waals surface area (Å²) in [5.74, 6) is -0.0666. The van der Waals surface area contributed by atoms with Crippen molar-refractivity contribution < 1.29 is 4.79 Å². The fourth-order valence-corrected chi connectivity index (χ4v) is 2.46. The van der Waals surface area contributed by atoms with Crippen LogP contribution in [0.2, 0.25) is 0 Å². The maximum Gasteiger partial charge on any atom is 0.241 e. The first-order chi connectivity index (χ1) is 9.69. The summed E-state index contributed by atoms with van der Waals surface area (Å²) in [6.45, 7) is 2.80. The Hall–Kier alpha value is -1.73. The number of rotatable bonds is 7. The van der Waals surface area contributed by atoms with Gasteiger partial charge in [0.25, 0.3) is 0 Å². The Morgan fingerprint density at radius 2 is 2.45 bits per heavy atom. The van der Waals surface area contributed by atoms with Crippen LogP contribution < -0.4 is 11.1 Å². The van der Waals surface area contributed by atoms with Crippen LogP contribution in [0, 0.1) is 0 Å².